The van der Waals surface area contributed by atoms with Crippen LogP contribution in [0.3, 0.4) is 0 Å². The van der Waals surface area contributed by atoms with Gasteiger partial charge in [0.25, 0.3) is 10.0 Å². The van der Waals surface area contributed by atoms with Gasteiger partial charge in [0.2, 0.25) is 5.91 Å². The van der Waals surface area contributed by atoms with E-state index in [0.717, 1.165) is 30.5 Å². The molecule has 3 aliphatic rings. The predicted molar refractivity (Wildman–Crippen MR) is 106 cm³/mol. The topological polar surface area (TPSA) is 57.7 Å². The van der Waals surface area contributed by atoms with Crippen LogP contribution < -0.4 is 4.90 Å². The van der Waals surface area contributed by atoms with Gasteiger partial charge in [-0.1, -0.05) is 18.2 Å². The van der Waals surface area contributed by atoms with E-state index in [1.165, 1.54) is 0 Å². The SMILES string of the molecule is CC1=C2C([CH]C=C1)CCCN2S(=O)(=O)c1cc(N2CCCC2=O)ccc1C. The number of benzene rings is 1. The molecule has 2 saturated heterocycles. The van der Waals surface area contributed by atoms with Crippen LogP contribution >= 0.6 is 0 Å². The number of hydrogen-bond acceptors (Lipinski definition) is 3. The maximum atomic E-state index is 13.6. The molecule has 4 rings (SSSR count). The molecule has 0 spiro atoms. The smallest absolute Gasteiger partial charge is 0.264 e. The number of hydrogen-bond donors (Lipinski definition) is 0. The lowest BCUT2D eigenvalue weighted by Gasteiger charge is -2.38. The van der Waals surface area contributed by atoms with Crippen molar-refractivity contribution >= 4 is 21.6 Å². The fourth-order valence-corrected chi connectivity index (χ4v) is 6.21. The molecule has 0 saturated carbocycles. The maximum Gasteiger partial charge on any atom is 0.264 e. The van der Waals surface area contributed by atoms with Crippen LogP contribution in [0.2, 0.25) is 0 Å². The van der Waals surface area contributed by atoms with Crippen LogP contribution in [0, 0.1) is 19.3 Å². The molecule has 2 fully saturated rings. The Morgan fingerprint density at radius 1 is 1.11 bits per heavy atom. The summed E-state index contributed by atoms with van der Waals surface area (Å²) < 4.78 is 28.8. The second kappa shape index (κ2) is 6.82. The lowest BCUT2D eigenvalue weighted by atomic mass is 9.86. The summed E-state index contributed by atoms with van der Waals surface area (Å²) in [6.45, 7) is 4.95. The van der Waals surface area contributed by atoms with Gasteiger partial charge >= 0.3 is 0 Å². The van der Waals surface area contributed by atoms with E-state index in [2.05, 4.69) is 6.42 Å². The van der Waals surface area contributed by atoms with Crippen LogP contribution in [-0.2, 0) is 14.8 Å². The average Bonchev–Trinajstić information content (AvgIpc) is 3.08. The zero-order valence-electron chi connectivity index (χ0n) is 15.8. The Kier molecular flexibility index (Phi) is 4.62. The molecule has 27 heavy (non-hydrogen) atoms. The third kappa shape index (κ3) is 3.10. The molecule has 5 nitrogen and oxygen atoms in total. The first kappa shape index (κ1) is 18.3. The predicted octanol–water partition coefficient (Wildman–Crippen LogP) is 3.57. The van der Waals surface area contributed by atoms with E-state index in [-0.39, 0.29) is 11.8 Å². The Bertz CT molecular complexity index is 946. The Hall–Kier alpha value is -2.08. The Labute approximate surface area is 161 Å². The Morgan fingerprint density at radius 3 is 2.67 bits per heavy atom. The molecule has 1 amide bonds. The summed E-state index contributed by atoms with van der Waals surface area (Å²) in [7, 11) is -3.68. The Morgan fingerprint density at radius 2 is 1.93 bits per heavy atom. The van der Waals surface area contributed by atoms with Crippen LogP contribution in [0.1, 0.15) is 38.2 Å². The van der Waals surface area contributed by atoms with E-state index >= 15 is 0 Å². The number of amides is 1. The number of nitrogens with zero attached hydrogens (tertiary/aromatic N) is 2. The molecule has 1 aromatic rings. The van der Waals surface area contributed by atoms with Crippen molar-refractivity contribution in [1.29, 1.82) is 0 Å². The van der Waals surface area contributed by atoms with E-state index in [0.29, 0.717) is 35.7 Å². The number of fused-ring (bicyclic) bond motifs is 1. The highest BCUT2D eigenvalue weighted by molar-refractivity contribution is 7.89. The highest BCUT2D eigenvalue weighted by Gasteiger charge is 2.36. The third-order valence-electron chi connectivity index (χ3n) is 5.71. The van der Waals surface area contributed by atoms with E-state index in [1.54, 1.807) is 15.3 Å². The van der Waals surface area contributed by atoms with Crippen molar-refractivity contribution < 1.29 is 13.2 Å². The third-order valence-corrected chi connectivity index (χ3v) is 7.67. The van der Waals surface area contributed by atoms with Crippen molar-refractivity contribution in [3.63, 3.8) is 0 Å². The number of aryl methyl sites for hydroxylation is 1. The molecule has 0 N–H and O–H groups in total. The van der Waals surface area contributed by atoms with Crippen molar-refractivity contribution in [2.45, 2.75) is 44.4 Å². The first-order valence-electron chi connectivity index (χ1n) is 9.55. The number of sulfonamides is 1. The summed E-state index contributed by atoms with van der Waals surface area (Å²) in [6.07, 6.45) is 9.25. The largest absolute Gasteiger partial charge is 0.312 e. The first-order chi connectivity index (χ1) is 12.9. The molecule has 1 atom stereocenters. The molecule has 143 valence electrons. The van der Waals surface area contributed by atoms with Gasteiger partial charge in [0, 0.05) is 36.8 Å². The van der Waals surface area contributed by atoms with Gasteiger partial charge < -0.3 is 4.90 Å². The van der Waals surface area contributed by atoms with Crippen LogP contribution in [0.25, 0.3) is 0 Å². The van der Waals surface area contributed by atoms with E-state index < -0.39 is 10.0 Å². The quantitative estimate of drug-likeness (QED) is 0.799. The Balaban J connectivity index is 1.77. The second-order valence-corrected chi connectivity index (χ2v) is 9.38. The zero-order chi connectivity index (χ0) is 19.2. The molecule has 1 radical (unpaired) electrons. The molecule has 2 heterocycles. The van der Waals surface area contributed by atoms with Crippen LogP contribution in [0.4, 0.5) is 5.69 Å². The highest BCUT2D eigenvalue weighted by Crippen LogP contribution is 2.39. The summed E-state index contributed by atoms with van der Waals surface area (Å²) in [4.78, 5) is 14.1. The van der Waals surface area contributed by atoms with Crippen molar-refractivity contribution in [2.24, 2.45) is 5.92 Å². The van der Waals surface area contributed by atoms with Gasteiger partial charge in [-0.05, 0) is 62.8 Å². The molecule has 0 bridgehead atoms. The van der Waals surface area contributed by atoms with Gasteiger partial charge in [-0.2, -0.15) is 0 Å². The number of allylic oxidation sites excluding steroid dienone is 4. The van der Waals surface area contributed by atoms with Crippen LogP contribution in [0.15, 0.2) is 46.5 Å². The van der Waals surface area contributed by atoms with Gasteiger partial charge in [0.1, 0.15) is 0 Å². The summed E-state index contributed by atoms with van der Waals surface area (Å²) >= 11 is 0. The highest BCUT2D eigenvalue weighted by atomic mass is 32.2. The number of carbonyl (C=O) groups excluding carboxylic acids is 1. The zero-order valence-corrected chi connectivity index (χ0v) is 16.6. The number of carbonyl (C=O) groups is 1. The van der Waals surface area contributed by atoms with Gasteiger partial charge in [0.15, 0.2) is 0 Å². The van der Waals surface area contributed by atoms with Gasteiger partial charge in [-0.3, -0.25) is 9.10 Å². The van der Waals surface area contributed by atoms with Gasteiger partial charge in [-0.25, -0.2) is 8.42 Å². The summed E-state index contributed by atoms with van der Waals surface area (Å²) in [5.41, 5.74) is 3.29. The fraction of sp³-hybridized carbons (Fsp3) is 0.429. The number of piperidine rings is 1. The number of anilines is 1. The minimum absolute atomic E-state index is 0.0609. The van der Waals surface area contributed by atoms with Crippen molar-refractivity contribution in [3.05, 3.63) is 53.6 Å². The van der Waals surface area contributed by atoms with Crippen molar-refractivity contribution in [1.82, 2.24) is 4.31 Å². The normalized spacial score (nSPS) is 23.2. The van der Waals surface area contributed by atoms with Crippen LogP contribution in [-0.4, -0.2) is 31.7 Å². The van der Waals surface area contributed by atoms with Crippen LogP contribution in [0.5, 0.6) is 0 Å². The molecule has 1 aromatic carbocycles. The summed E-state index contributed by atoms with van der Waals surface area (Å²) in [5.74, 6) is 0.216. The number of rotatable bonds is 3. The molecule has 6 heteroatoms. The van der Waals surface area contributed by atoms with Gasteiger partial charge in [0.05, 0.1) is 4.90 Å². The lowest BCUT2D eigenvalue weighted by molar-refractivity contribution is -0.117. The maximum absolute atomic E-state index is 13.6. The molecule has 2 aliphatic heterocycles. The van der Waals surface area contributed by atoms with E-state index in [1.807, 2.05) is 38.1 Å². The fourth-order valence-electron chi connectivity index (χ4n) is 4.32. The van der Waals surface area contributed by atoms with Crippen molar-refractivity contribution in [2.75, 3.05) is 18.0 Å². The van der Waals surface area contributed by atoms with E-state index in [4.69, 9.17) is 0 Å². The molecule has 1 unspecified atom stereocenters. The van der Waals surface area contributed by atoms with Crippen molar-refractivity contribution in [3.8, 4) is 0 Å². The second-order valence-electron chi connectivity index (χ2n) is 7.54. The average molecular weight is 386 g/mol. The minimum atomic E-state index is -3.68. The monoisotopic (exact) mass is 385 g/mol. The summed E-state index contributed by atoms with van der Waals surface area (Å²) in [5, 5.41) is 0. The lowest BCUT2D eigenvalue weighted by Crippen LogP contribution is -2.39. The molecular weight excluding hydrogens is 360 g/mol. The molecule has 1 aliphatic carbocycles. The first-order valence-corrected chi connectivity index (χ1v) is 11.0. The summed E-state index contributed by atoms with van der Waals surface area (Å²) in [6, 6.07) is 5.33. The van der Waals surface area contributed by atoms with Gasteiger partial charge in [-0.15, -0.1) is 0 Å². The van der Waals surface area contributed by atoms with E-state index in [9.17, 15) is 13.2 Å². The minimum Gasteiger partial charge on any atom is -0.312 e. The molecule has 0 aromatic heterocycles. The standard InChI is InChI=1S/C21H25N2O3S/c1-15-10-11-18(22-12-5-9-20(22)24)14-19(15)27(25,26)23-13-4-8-17-7-3-6-16(2)21(17)23/h3,6-7,10-11,14,17H,4-5,8-9,12-13H2,1-2H3. The molecular formula is C21H25N2O3S.